The van der Waals surface area contributed by atoms with Gasteiger partial charge < -0.3 is 10.6 Å². The van der Waals surface area contributed by atoms with E-state index in [0.717, 1.165) is 0 Å². The average Bonchev–Trinajstić information content (AvgIpc) is 1.00. The summed E-state index contributed by atoms with van der Waals surface area (Å²) in [6.45, 7) is 0. The van der Waals surface area contributed by atoms with Gasteiger partial charge in [0.1, 0.15) is 0 Å². The SMILES string of the molecule is O.[CH2]O.[Ni]. The molecule has 0 bridgehead atoms. The first-order valence-electron chi connectivity index (χ1n) is 0.316. The van der Waals surface area contributed by atoms with Gasteiger partial charge in [-0.15, -0.1) is 0 Å². The molecule has 0 amide bonds. The zero-order valence-electron chi connectivity index (χ0n) is 1.97. The molecule has 0 aliphatic carbocycles. The fourth-order valence-corrected chi connectivity index (χ4v) is 0. The summed E-state index contributed by atoms with van der Waals surface area (Å²) in [6.07, 6.45) is 0. The molecule has 0 heterocycles. The van der Waals surface area contributed by atoms with Crippen molar-refractivity contribution in [3.63, 3.8) is 0 Å². The molecule has 0 saturated heterocycles. The molecule has 0 unspecified atom stereocenters. The summed E-state index contributed by atoms with van der Waals surface area (Å²) < 4.78 is 0. The van der Waals surface area contributed by atoms with Crippen LogP contribution in [0.2, 0.25) is 0 Å². The number of hydrogen-bond acceptors (Lipinski definition) is 1. The minimum absolute atomic E-state index is 0. The zero-order valence-corrected chi connectivity index (χ0v) is 2.96. The third kappa shape index (κ3) is 28.2. The first-order chi connectivity index (χ1) is 1.00. The van der Waals surface area contributed by atoms with Gasteiger partial charge >= 0.3 is 0 Å². The van der Waals surface area contributed by atoms with Gasteiger partial charge in [-0.1, -0.05) is 0 Å². The van der Waals surface area contributed by atoms with Crippen molar-refractivity contribution in [1.29, 1.82) is 0 Å². The predicted molar refractivity (Wildman–Crippen MR) is 10.9 cm³/mol. The van der Waals surface area contributed by atoms with Crippen LogP contribution in [0.15, 0.2) is 0 Å². The van der Waals surface area contributed by atoms with Crippen molar-refractivity contribution < 1.29 is 27.1 Å². The first kappa shape index (κ1) is 25.7. The van der Waals surface area contributed by atoms with Gasteiger partial charge in [0.25, 0.3) is 0 Å². The number of aliphatic hydroxyl groups excluding tert-OH is 1. The number of aliphatic hydroxyl groups is 1. The summed E-state index contributed by atoms with van der Waals surface area (Å²) in [7, 11) is 2.25. The fourth-order valence-electron chi connectivity index (χ4n) is 0. The quantitative estimate of drug-likeness (QED) is 0.410. The topological polar surface area (TPSA) is 51.7 Å². The van der Waals surface area contributed by atoms with Crippen LogP contribution in [-0.2, 0) is 16.5 Å². The van der Waals surface area contributed by atoms with Gasteiger partial charge in [0, 0.05) is 16.5 Å². The van der Waals surface area contributed by atoms with Crippen LogP contribution in [0.4, 0.5) is 0 Å². The fraction of sp³-hybridized carbons (Fsp3) is 0. The molecule has 0 saturated carbocycles. The van der Waals surface area contributed by atoms with Crippen LogP contribution in [0.3, 0.4) is 0 Å². The predicted octanol–water partition coefficient (Wildman–Crippen LogP) is -0.677. The molecule has 0 fully saturated rings. The molecule has 3 N–H and O–H groups in total. The Balaban J connectivity index is -0.00000000500. The van der Waals surface area contributed by atoms with Gasteiger partial charge in [-0.25, -0.2) is 0 Å². The van der Waals surface area contributed by atoms with Gasteiger partial charge in [0.15, 0.2) is 0 Å². The second-order valence-corrected chi connectivity index (χ2v) is 0. The minimum Gasteiger partial charge on any atom is -0.412 e. The minimum atomic E-state index is 0. The van der Waals surface area contributed by atoms with Crippen molar-refractivity contribution in [3.8, 4) is 0 Å². The maximum Gasteiger partial charge on any atom is 0.0662 e. The van der Waals surface area contributed by atoms with Crippen molar-refractivity contribution in [2.45, 2.75) is 0 Å². The van der Waals surface area contributed by atoms with Crippen molar-refractivity contribution in [3.05, 3.63) is 7.11 Å². The molecule has 1 radical (unpaired) electrons. The van der Waals surface area contributed by atoms with E-state index < -0.39 is 0 Å². The molecule has 2 nitrogen and oxygen atoms in total. The van der Waals surface area contributed by atoms with Gasteiger partial charge in [-0.2, -0.15) is 0 Å². The van der Waals surface area contributed by atoms with Crippen LogP contribution in [0.5, 0.6) is 0 Å². The van der Waals surface area contributed by atoms with Crippen molar-refractivity contribution in [1.82, 2.24) is 0 Å². The summed E-state index contributed by atoms with van der Waals surface area (Å²) >= 11 is 0. The van der Waals surface area contributed by atoms with E-state index in [0.29, 0.717) is 0 Å². The van der Waals surface area contributed by atoms with E-state index in [-0.39, 0.29) is 22.0 Å². The standard InChI is InChI=1S/CH3O.Ni.H2O/c1-2;;/h2H,1H2;;1H2. The Kier molecular flexibility index (Phi) is 748. The van der Waals surface area contributed by atoms with E-state index in [4.69, 9.17) is 5.11 Å². The third-order valence-corrected chi connectivity index (χ3v) is 0. The van der Waals surface area contributed by atoms with Crippen LogP contribution in [0, 0.1) is 7.11 Å². The number of hydrogen-bond donors (Lipinski definition) is 1. The normalized spacial score (nSPS) is 1.50. The van der Waals surface area contributed by atoms with Gasteiger partial charge in [-0.3, -0.25) is 0 Å². The van der Waals surface area contributed by atoms with E-state index in [9.17, 15) is 0 Å². The van der Waals surface area contributed by atoms with Crippen LogP contribution < -0.4 is 0 Å². The molecular weight excluding hydrogens is 103 g/mol. The monoisotopic (exact) mass is 107 g/mol. The Morgan fingerprint density at radius 1 is 1.25 bits per heavy atom. The van der Waals surface area contributed by atoms with Crippen LogP contribution in [-0.4, -0.2) is 10.6 Å². The molecule has 31 valence electrons. The largest absolute Gasteiger partial charge is 0.412 e. The van der Waals surface area contributed by atoms with E-state index in [1.54, 1.807) is 0 Å². The smallest absolute Gasteiger partial charge is 0.0662 e. The molecule has 4 heavy (non-hydrogen) atoms. The summed E-state index contributed by atoms with van der Waals surface area (Å²) in [5, 5.41) is 6.75. The van der Waals surface area contributed by atoms with Gasteiger partial charge in [0.05, 0.1) is 7.11 Å². The van der Waals surface area contributed by atoms with E-state index >= 15 is 0 Å². The molecule has 0 aromatic carbocycles. The Labute approximate surface area is 35.1 Å². The average molecular weight is 108 g/mol. The first-order valence-corrected chi connectivity index (χ1v) is 0.316. The van der Waals surface area contributed by atoms with E-state index in [1.165, 1.54) is 0 Å². The number of rotatable bonds is 0. The second kappa shape index (κ2) is 116. The van der Waals surface area contributed by atoms with Crippen molar-refractivity contribution in [2.75, 3.05) is 0 Å². The van der Waals surface area contributed by atoms with Crippen LogP contribution in [0.1, 0.15) is 0 Å². The zero-order chi connectivity index (χ0) is 2.00. The Bertz CT molecular complexity index is 6.00. The Morgan fingerprint density at radius 3 is 1.25 bits per heavy atom. The second-order valence-electron chi connectivity index (χ2n) is 0. The Morgan fingerprint density at radius 2 is 1.25 bits per heavy atom. The maximum atomic E-state index is 6.75. The Hall–Kier alpha value is 0.414. The summed E-state index contributed by atoms with van der Waals surface area (Å²) in [4.78, 5) is 0. The molecule has 0 aliphatic rings. The summed E-state index contributed by atoms with van der Waals surface area (Å²) in [5.74, 6) is 0. The maximum absolute atomic E-state index is 6.75. The molecule has 0 rings (SSSR count). The van der Waals surface area contributed by atoms with Gasteiger partial charge in [-0.05, 0) is 0 Å². The van der Waals surface area contributed by atoms with E-state index in [2.05, 4.69) is 7.11 Å². The third-order valence-electron chi connectivity index (χ3n) is 0. The molecule has 0 aliphatic heterocycles. The molecule has 0 aromatic heterocycles. The van der Waals surface area contributed by atoms with Crippen molar-refractivity contribution in [2.24, 2.45) is 0 Å². The molecule has 0 spiro atoms. The summed E-state index contributed by atoms with van der Waals surface area (Å²) in [5.41, 5.74) is 0. The van der Waals surface area contributed by atoms with E-state index in [1.807, 2.05) is 0 Å². The molecule has 0 aromatic rings. The van der Waals surface area contributed by atoms with Crippen molar-refractivity contribution >= 4 is 0 Å². The molecule has 0 atom stereocenters. The summed E-state index contributed by atoms with van der Waals surface area (Å²) in [6, 6.07) is 0. The molecule has 3 heteroatoms. The molecular formula is CH5NiO2. The van der Waals surface area contributed by atoms with Crippen LogP contribution >= 0.6 is 0 Å². The van der Waals surface area contributed by atoms with Crippen LogP contribution in [0.25, 0.3) is 0 Å². The van der Waals surface area contributed by atoms with Gasteiger partial charge in [0.2, 0.25) is 0 Å².